The number of amidine groups is 1. The summed E-state index contributed by atoms with van der Waals surface area (Å²) in [5.41, 5.74) is 18.9. The van der Waals surface area contributed by atoms with Crippen LogP contribution in [0.15, 0.2) is 110 Å². The molecule has 0 aromatic heterocycles. The first-order valence-corrected chi connectivity index (χ1v) is 11.4. The lowest BCUT2D eigenvalue weighted by atomic mass is 9.98. The van der Waals surface area contributed by atoms with Crippen LogP contribution in [0, 0.1) is 11.3 Å². The largest absolute Gasteiger partial charge is 0.401 e. The summed E-state index contributed by atoms with van der Waals surface area (Å²) in [6.07, 6.45) is 13.3. The maximum absolute atomic E-state index is 7.55. The molecule has 0 saturated heterocycles. The first kappa shape index (κ1) is 24.5. The monoisotopic (exact) mass is 455 g/mol. The summed E-state index contributed by atoms with van der Waals surface area (Å²) < 4.78 is 0. The highest BCUT2D eigenvalue weighted by atomic mass is 15.1. The molecule has 2 heterocycles. The molecule has 0 amide bonds. The van der Waals surface area contributed by atoms with Gasteiger partial charge < -0.3 is 27.5 Å². The number of nitrogens with zero attached hydrogens (tertiary/aromatic N) is 2. The van der Waals surface area contributed by atoms with Crippen LogP contribution in [-0.2, 0) is 6.42 Å². The summed E-state index contributed by atoms with van der Waals surface area (Å²) in [5, 5.41) is 14.2. The third kappa shape index (κ3) is 6.45. The molecule has 0 spiro atoms. The van der Waals surface area contributed by atoms with Crippen LogP contribution in [0.3, 0.4) is 0 Å². The Labute approximate surface area is 201 Å². The second-order valence-electron chi connectivity index (χ2n) is 8.27. The summed E-state index contributed by atoms with van der Waals surface area (Å²) in [6.45, 7) is 6.69. The maximum atomic E-state index is 7.55. The van der Waals surface area contributed by atoms with Crippen molar-refractivity contribution in [3.8, 4) is 0 Å². The van der Waals surface area contributed by atoms with Crippen LogP contribution in [0.25, 0.3) is 0 Å². The molecule has 0 aliphatic carbocycles. The molecule has 0 fully saturated rings. The minimum Gasteiger partial charge on any atom is -0.401 e. The van der Waals surface area contributed by atoms with Gasteiger partial charge in [-0.25, -0.2) is 4.99 Å². The minimum absolute atomic E-state index is 0.195. The van der Waals surface area contributed by atoms with Crippen molar-refractivity contribution < 1.29 is 0 Å². The Morgan fingerprint density at radius 1 is 1.12 bits per heavy atom. The van der Waals surface area contributed by atoms with Gasteiger partial charge in [0.15, 0.2) is 0 Å². The van der Waals surface area contributed by atoms with Crippen LogP contribution < -0.4 is 22.1 Å². The highest BCUT2D eigenvalue weighted by Crippen LogP contribution is 2.24. The van der Waals surface area contributed by atoms with E-state index in [1.54, 1.807) is 6.08 Å². The van der Waals surface area contributed by atoms with E-state index in [4.69, 9.17) is 16.9 Å². The van der Waals surface area contributed by atoms with Gasteiger partial charge in [0.2, 0.25) is 0 Å². The quantitative estimate of drug-likeness (QED) is 0.287. The Morgan fingerprint density at radius 3 is 2.56 bits per heavy atom. The van der Waals surface area contributed by atoms with Gasteiger partial charge in [-0.2, -0.15) is 0 Å². The van der Waals surface area contributed by atoms with Gasteiger partial charge in [0.1, 0.15) is 11.7 Å². The zero-order valence-corrected chi connectivity index (χ0v) is 20.0. The number of aliphatic imine (C=N–C) groups is 2. The van der Waals surface area contributed by atoms with Crippen molar-refractivity contribution in [2.45, 2.75) is 27.2 Å². The summed E-state index contributed by atoms with van der Waals surface area (Å²) in [4.78, 5) is 8.92. The lowest BCUT2D eigenvalue weighted by molar-refractivity contribution is 0.806. The van der Waals surface area contributed by atoms with Crippen LogP contribution in [0.5, 0.6) is 0 Å². The molecular weight excluding hydrogens is 422 g/mol. The number of dihydropyridines is 2. The van der Waals surface area contributed by atoms with E-state index in [1.807, 2.05) is 69.6 Å². The van der Waals surface area contributed by atoms with Crippen LogP contribution in [0.2, 0.25) is 0 Å². The summed E-state index contributed by atoms with van der Waals surface area (Å²) in [5.74, 6) is 1.15. The molecule has 1 aromatic rings. The second-order valence-corrected chi connectivity index (χ2v) is 8.27. The van der Waals surface area contributed by atoms with Gasteiger partial charge in [-0.15, -0.1) is 0 Å². The number of rotatable bonds is 9. The molecule has 0 atom stereocenters. The van der Waals surface area contributed by atoms with Crippen molar-refractivity contribution in [3.63, 3.8) is 0 Å². The fraction of sp³-hybridized carbons (Fsp3) is 0.222. The summed E-state index contributed by atoms with van der Waals surface area (Å²) in [7, 11) is 0. The van der Waals surface area contributed by atoms with E-state index in [-0.39, 0.29) is 5.92 Å². The summed E-state index contributed by atoms with van der Waals surface area (Å²) in [6, 6.07) is 10.1. The lowest BCUT2D eigenvalue weighted by Crippen LogP contribution is -2.27. The van der Waals surface area contributed by atoms with Crippen molar-refractivity contribution in [1.82, 2.24) is 10.6 Å². The highest BCUT2D eigenvalue weighted by molar-refractivity contribution is 5.97. The van der Waals surface area contributed by atoms with Gasteiger partial charge in [0.05, 0.1) is 11.4 Å². The Balaban J connectivity index is 1.87. The van der Waals surface area contributed by atoms with Crippen molar-refractivity contribution in [2.24, 2.45) is 27.4 Å². The molecule has 2 aliphatic rings. The molecule has 7 N–H and O–H groups in total. The molecule has 176 valence electrons. The van der Waals surface area contributed by atoms with Crippen molar-refractivity contribution in [2.75, 3.05) is 6.54 Å². The van der Waals surface area contributed by atoms with Gasteiger partial charge in [0, 0.05) is 48.4 Å². The van der Waals surface area contributed by atoms with E-state index in [9.17, 15) is 0 Å². The molecule has 34 heavy (non-hydrogen) atoms. The molecule has 1 aromatic carbocycles. The third-order valence-corrected chi connectivity index (χ3v) is 5.34. The molecular formula is C27H33N7. The fourth-order valence-electron chi connectivity index (χ4n) is 3.47. The van der Waals surface area contributed by atoms with Crippen molar-refractivity contribution in [1.29, 1.82) is 5.41 Å². The zero-order valence-electron chi connectivity index (χ0n) is 20.0. The van der Waals surface area contributed by atoms with Gasteiger partial charge in [0.25, 0.3) is 0 Å². The predicted octanol–water partition coefficient (Wildman–Crippen LogP) is 3.82. The Kier molecular flexibility index (Phi) is 8.40. The van der Waals surface area contributed by atoms with Gasteiger partial charge in [-0.3, -0.25) is 4.99 Å². The number of hydrogen-bond acceptors (Lipinski definition) is 6. The molecule has 0 bridgehead atoms. The van der Waals surface area contributed by atoms with E-state index in [1.165, 1.54) is 6.21 Å². The smallest absolute Gasteiger partial charge is 0.132 e. The molecule has 0 unspecified atom stereocenters. The normalized spacial score (nSPS) is 17.1. The van der Waals surface area contributed by atoms with Crippen LogP contribution in [0.4, 0.5) is 0 Å². The zero-order chi connectivity index (χ0) is 24.5. The number of fused-ring (bicyclic) bond motifs is 1. The highest BCUT2D eigenvalue weighted by Gasteiger charge is 2.18. The SMILES string of the molecule is CCN=CC(C1=CNC2=CC=C(N=C(N)C=C(C=N)C(C)C)NC2=C1)=C(N)Cc1ccccc1. The van der Waals surface area contributed by atoms with Gasteiger partial charge in [-0.1, -0.05) is 44.2 Å². The number of allylic oxidation sites excluding steroid dienone is 7. The minimum atomic E-state index is 0.195. The van der Waals surface area contributed by atoms with E-state index < -0.39 is 0 Å². The Bertz CT molecular complexity index is 1160. The predicted molar refractivity (Wildman–Crippen MR) is 142 cm³/mol. The first-order valence-electron chi connectivity index (χ1n) is 11.4. The molecule has 3 rings (SSSR count). The van der Waals surface area contributed by atoms with Crippen LogP contribution >= 0.6 is 0 Å². The molecule has 7 heteroatoms. The standard InChI is InChI=1S/C27H33N7/c1-4-31-17-22(23(29)12-19-8-6-5-7-9-19)21-13-25-24(32-16-21)10-11-27(33-25)34-26(30)14-20(15-28)18(2)3/h5-11,13-18,28,32-33H,4,12,29H2,1-3H3,(H2,30,34). The number of benzene rings is 1. The first-order chi connectivity index (χ1) is 16.4. The number of nitrogens with one attached hydrogen (secondary N) is 3. The van der Waals surface area contributed by atoms with Gasteiger partial charge >= 0.3 is 0 Å². The number of hydrogen-bond donors (Lipinski definition) is 5. The second kappa shape index (κ2) is 11.7. The average Bonchev–Trinajstić information content (AvgIpc) is 2.83. The molecule has 7 nitrogen and oxygen atoms in total. The average molecular weight is 456 g/mol. The Hall–Kier alpha value is -4.13. The van der Waals surface area contributed by atoms with E-state index >= 15 is 0 Å². The Morgan fingerprint density at radius 2 is 1.88 bits per heavy atom. The lowest BCUT2D eigenvalue weighted by Gasteiger charge is -2.24. The van der Waals surface area contributed by atoms with Crippen molar-refractivity contribution in [3.05, 3.63) is 106 Å². The fourth-order valence-corrected chi connectivity index (χ4v) is 3.47. The van der Waals surface area contributed by atoms with E-state index in [0.717, 1.165) is 39.4 Å². The van der Waals surface area contributed by atoms with Crippen LogP contribution in [-0.4, -0.2) is 24.8 Å². The van der Waals surface area contributed by atoms with E-state index in [0.29, 0.717) is 24.6 Å². The molecule has 0 radical (unpaired) electrons. The van der Waals surface area contributed by atoms with Gasteiger partial charge in [-0.05, 0) is 48.3 Å². The third-order valence-electron chi connectivity index (χ3n) is 5.34. The molecule has 2 aliphatic heterocycles. The van der Waals surface area contributed by atoms with E-state index in [2.05, 4.69) is 32.8 Å². The number of nitrogens with two attached hydrogens (primary N) is 2. The van der Waals surface area contributed by atoms with Crippen molar-refractivity contribution >= 4 is 18.3 Å². The topological polar surface area (TPSA) is 125 Å². The summed E-state index contributed by atoms with van der Waals surface area (Å²) >= 11 is 0. The molecule has 0 saturated carbocycles. The van der Waals surface area contributed by atoms with Crippen LogP contribution in [0.1, 0.15) is 26.3 Å². The maximum Gasteiger partial charge on any atom is 0.132 e.